The van der Waals surface area contributed by atoms with Crippen molar-refractivity contribution in [3.05, 3.63) is 68.7 Å². The van der Waals surface area contributed by atoms with E-state index in [1.54, 1.807) is 12.1 Å². The number of nitrogens with zero attached hydrogens (tertiary/aromatic N) is 2. The molecule has 1 N–H and O–H groups in total. The van der Waals surface area contributed by atoms with Gasteiger partial charge in [0.2, 0.25) is 0 Å². The van der Waals surface area contributed by atoms with Crippen LogP contribution in [0.1, 0.15) is 18.4 Å². The second-order valence-electron chi connectivity index (χ2n) is 6.10. The fraction of sp³-hybridized carbons (Fsp3) is 0.333. The fourth-order valence-electron chi connectivity index (χ4n) is 3.08. The summed E-state index contributed by atoms with van der Waals surface area (Å²) in [5.74, 6) is 0. The van der Waals surface area contributed by atoms with E-state index in [1.165, 1.54) is 11.6 Å². The Morgan fingerprint density at radius 2 is 1.88 bits per heavy atom. The predicted molar refractivity (Wildman–Crippen MR) is 99.2 cm³/mol. The summed E-state index contributed by atoms with van der Waals surface area (Å²) < 4.78 is 0.845. The van der Waals surface area contributed by atoms with E-state index in [9.17, 15) is 10.1 Å². The predicted octanol–water partition coefficient (Wildman–Crippen LogP) is 4.43. The molecule has 5 nitrogen and oxygen atoms in total. The lowest BCUT2D eigenvalue weighted by Crippen LogP contribution is -2.38. The number of nitro benzene ring substituents is 1. The molecule has 0 atom stereocenters. The first-order valence-corrected chi connectivity index (χ1v) is 8.88. The zero-order valence-electron chi connectivity index (χ0n) is 13.3. The van der Waals surface area contributed by atoms with E-state index >= 15 is 0 Å². The molecule has 1 saturated heterocycles. The molecule has 0 bridgehead atoms. The summed E-state index contributed by atoms with van der Waals surface area (Å²) in [5, 5.41) is 14.5. The van der Waals surface area contributed by atoms with Crippen LogP contribution in [0.5, 0.6) is 0 Å². The van der Waals surface area contributed by atoms with Crippen LogP contribution in [0.3, 0.4) is 0 Å². The van der Waals surface area contributed by atoms with Gasteiger partial charge in [-0.15, -0.1) is 0 Å². The number of anilines is 1. The highest BCUT2D eigenvalue weighted by Gasteiger charge is 2.22. The molecule has 0 radical (unpaired) electrons. The summed E-state index contributed by atoms with van der Waals surface area (Å²) >= 11 is 3.39. The van der Waals surface area contributed by atoms with E-state index in [1.807, 2.05) is 6.07 Å². The molecule has 1 aliphatic rings. The van der Waals surface area contributed by atoms with Crippen LogP contribution in [-0.2, 0) is 6.54 Å². The number of rotatable bonds is 5. The Bertz CT molecular complexity index is 701. The van der Waals surface area contributed by atoms with Crippen LogP contribution in [0, 0.1) is 10.1 Å². The number of halogens is 1. The van der Waals surface area contributed by atoms with E-state index in [-0.39, 0.29) is 16.7 Å². The number of likely N-dealkylation sites (tertiary alicyclic amines) is 1. The summed E-state index contributed by atoms with van der Waals surface area (Å²) in [7, 11) is 0. The van der Waals surface area contributed by atoms with Gasteiger partial charge < -0.3 is 5.32 Å². The molecule has 6 heteroatoms. The van der Waals surface area contributed by atoms with Gasteiger partial charge in [0.1, 0.15) is 5.69 Å². The van der Waals surface area contributed by atoms with Gasteiger partial charge in [0, 0.05) is 36.2 Å². The van der Waals surface area contributed by atoms with Gasteiger partial charge in [-0.3, -0.25) is 15.0 Å². The van der Waals surface area contributed by atoms with Gasteiger partial charge in [0.15, 0.2) is 0 Å². The van der Waals surface area contributed by atoms with Crippen LogP contribution >= 0.6 is 15.9 Å². The Kier molecular flexibility index (Phi) is 5.48. The Labute approximate surface area is 150 Å². The van der Waals surface area contributed by atoms with Crippen molar-refractivity contribution in [2.75, 3.05) is 18.4 Å². The number of hydrogen-bond donors (Lipinski definition) is 1. The summed E-state index contributed by atoms with van der Waals surface area (Å²) in [5.41, 5.74) is 2.05. The first-order valence-electron chi connectivity index (χ1n) is 8.08. The summed E-state index contributed by atoms with van der Waals surface area (Å²) in [6.45, 7) is 2.95. The minimum absolute atomic E-state index is 0.130. The van der Waals surface area contributed by atoms with Crippen molar-refractivity contribution in [2.24, 2.45) is 0 Å². The van der Waals surface area contributed by atoms with Crippen molar-refractivity contribution < 1.29 is 4.92 Å². The monoisotopic (exact) mass is 389 g/mol. The van der Waals surface area contributed by atoms with Crippen LogP contribution in [0.2, 0.25) is 0 Å². The third-order valence-electron chi connectivity index (χ3n) is 4.35. The first kappa shape index (κ1) is 16.9. The fourth-order valence-corrected chi connectivity index (χ4v) is 3.44. The highest BCUT2D eigenvalue weighted by molar-refractivity contribution is 9.10. The smallest absolute Gasteiger partial charge is 0.292 e. The van der Waals surface area contributed by atoms with Crippen molar-refractivity contribution in [1.82, 2.24) is 4.90 Å². The van der Waals surface area contributed by atoms with Crippen LogP contribution in [0.4, 0.5) is 11.4 Å². The van der Waals surface area contributed by atoms with E-state index in [0.29, 0.717) is 5.69 Å². The van der Waals surface area contributed by atoms with Crippen LogP contribution in [0.25, 0.3) is 0 Å². The third-order valence-corrected chi connectivity index (χ3v) is 4.84. The van der Waals surface area contributed by atoms with E-state index < -0.39 is 0 Å². The van der Waals surface area contributed by atoms with Crippen molar-refractivity contribution in [3.8, 4) is 0 Å². The topological polar surface area (TPSA) is 58.4 Å². The van der Waals surface area contributed by atoms with Crippen molar-refractivity contribution >= 4 is 27.3 Å². The molecule has 0 aromatic heterocycles. The lowest BCUT2D eigenvalue weighted by atomic mass is 10.0. The number of nitro groups is 1. The van der Waals surface area contributed by atoms with Crippen molar-refractivity contribution in [2.45, 2.75) is 25.4 Å². The van der Waals surface area contributed by atoms with Gasteiger partial charge >= 0.3 is 0 Å². The molecule has 1 heterocycles. The number of piperidine rings is 1. The molecule has 1 fully saturated rings. The average molecular weight is 390 g/mol. The van der Waals surface area contributed by atoms with Gasteiger partial charge in [0.05, 0.1) is 4.92 Å². The quantitative estimate of drug-likeness (QED) is 0.606. The second kappa shape index (κ2) is 7.77. The molecule has 2 aromatic carbocycles. The zero-order valence-corrected chi connectivity index (χ0v) is 14.9. The van der Waals surface area contributed by atoms with E-state index in [2.05, 4.69) is 50.4 Å². The number of nitrogens with one attached hydrogen (secondary N) is 1. The first-order chi connectivity index (χ1) is 11.6. The Morgan fingerprint density at radius 3 is 2.54 bits per heavy atom. The Hall–Kier alpha value is -1.92. The largest absolute Gasteiger partial charge is 0.377 e. The van der Waals surface area contributed by atoms with Gasteiger partial charge in [-0.25, -0.2) is 0 Å². The van der Waals surface area contributed by atoms with Crippen LogP contribution < -0.4 is 5.32 Å². The minimum atomic E-state index is -0.334. The maximum absolute atomic E-state index is 11.2. The van der Waals surface area contributed by atoms with Gasteiger partial charge in [-0.2, -0.15) is 0 Å². The number of hydrogen-bond acceptors (Lipinski definition) is 4. The maximum atomic E-state index is 11.2. The van der Waals surface area contributed by atoms with Crippen molar-refractivity contribution in [3.63, 3.8) is 0 Å². The number of benzene rings is 2. The highest BCUT2D eigenvalue weighted by atomic mass is 79.9. The standard InChI is InChI=1S/C18H20BrN3O2/c19-15-6-7-18(22(23)24)17(12-15)20-16-8-10-21(11-9-16)13-14-4-2-1-3-5-14/h1-7,12,16,20H,8-11,13H2. The zero-order chi connectivity index (χ0) is 16.9. The normalized spacial score (nSPS) is 16.0. The Balaban J connectivity index is 1.58. The van der Waals surface area contributed by atoms with Crippen molar-refractivity contribution in [1.29, 1.82) is 0 Å². The molecule has 1 aliphatic heterocycles. The van der Waals surface area contributed by atoms with Crippen LogP contribution in [0.15, 0.2) is 53.0 Å². The molecular formula is C18H20BrN3O2. The maximum Gasteiger partial charge on any atom is 0.292 e. The molecular weight excluding hydrogens is 370 g/mol. The molecule has 24 heavy (non-hydrogen) atoms. The SMILES string of the molecule is O=[N+]([O-])c1ccc(Br)cc1NC1CCN(Cc2ccccc2)CC1. The van der Waals surface area contributed by atoms with Gasteiger partial charge in [-0.05, 0) is 30.5 Å². The third kappa shape index (κ3) is 4.33. The summed E-state index contributed by atoms with van der Waals surface area (Å²) in [6.07, 6.45) is 1.97. The molecule has 2 aromatic rings. The van der Waals surface area contributed by atoms with Gasteiger partial charge in [-0.1, -0.05) is 46.3 Å². The van der Waals surface area contributed by atoms with Gasteiger partial charge in [0.25, 0.3) is 5.69 Å². The van der Waals surface area contributed by atoms with E-state index in [4.69, 9.17) is 0 Å². The molecule has 126 valence electrons. The summed E-state index contributed by atoms with van der Waals surface area (Å²) in [6, 6.07) is 15.8. The molecule has 3 rings (SSSR count). The highest BCUT2D eigenvalue weighted by Crippen LogP contribution is 2.30. The van der Waals surface area contributed by atoms with Crippen LogP contribution in [-0.4, -0.2) is 29.0 Å². The molecule has 0 spiro atoms. The molecule has 0 saturated carbocycles. The molecule has 0 unspecified atom stereocenters. The average Bonchev–Trinajstić information content (AvgIpc) is 2.57. The molecule has 0 aliphatic carbocycles. The molecule has 0 amide bonds. The second-order valence-corrected chi connectivity index (χ2v) is 7.01. The summed E-state index contributed by atoms with van der Waals surface area (Å²) in [4.78, 5) is 13.3. The lowest BCUT2D eigenvalue weighted by Gasteiger charge is -2.32. The Morgan fingerprint density at radius 1 is 1.17 bits per heavy atom. The lowest BCUT2D eigenvalue weighted by molar-refractivity contribution is -0.384. The minimum Gasteiger partial charge on any atom is -0.377 e. The van der Waals surface area contributed by atoms with E-state index in [0.717, 1.165) is 36.9 Å².